The maximum atomic E-state index is 14.2. The van der Waals surface area contributed by atoms with Gasteiger partial charge in [-0.25, -0.2) is 13.8 Å². The first kappa shape index (κ1) is 93.6. The van der Waals surface area contributed by atoms with Crippen LogP contribution >= 0.6 is 11.6 Å². The average molecular weight is 1520 g/mol. The van der Waals surface area contributed by atoms with Gasteiger partial charge in [0.1, 0.15) is 29.2 Å². The number of benzene rings is 2. The lowest BCUT2D eigenvalue weighted by atomic mass is 9.74. The summed E-state index contributed by atoms with van der Waals surface area (Å²) in [5.41, 5.74) is -3.07. The van der Waals surface area contributed by atoms with Crippen molar-refractivity contribution in [3.8, 4) is 0 Å². The van der Waals surface area contributed by atoms with Gasteiger partial charge >= 0.3 is 34.3 Å². The van der Waals surface area contributed by atoms with Crippen LogP contribution in [-0.4, -0.2) is 221 Å². The first-order chi connectivity index (χ1) is 48.6. The summed E-state index contributed by atoms with van der Waals surface area (Å²) in [6.45, 7) is 24.4. The molecule has 0 saturated carbocycles. The van der Waals surface area contributed by atoms with Crippen LogP contribution in [0.2, 0.25) is 5.02 Å². The van der Waals surface area contributed by atoms with Gasteiger partial charge in [-0.3, -0.25) is 18.9 Å². The summed E-state index contributed by atoms with van der Waals surface area (Å²) in [5, 5.41) is 62.9. The number of ketones is 1. The average Bonchev–Trinajstić information content (AvgIpc) is 0.845. The number of aliphatic hydroxyl groups is 4. The number of nitrogens with zero attached hydrogens (tertiary/aromatic N) is 2. The first-order valence-corrected chi connectivity index (χ1v) is 38.9. The molecule has 0 aromatic heterocycles. The highest BCUT2D eigenvalue weighted by molar-refractivity contribution is 7.80. The Morgan fingerprint density at radius 1 is 0.769 bits per heavy atom. The molecule has 27 heteroatoms. The third-order valence-corrected chi connectivity index (χ3v) is 21.4. The van der Waals surface area contributed by atoms with E-state index < -0.39 is 141 Å². The number of likely N-dealkylation sites (N-methyl/N-ethyl adjacent to an activating group) is 1. The summed E-state index contributed by atoms with van der Waals surface area (Å²) in [7, 11) is 3.19. The fourth-order valence-corrected chi connectivity index (χ4v) is 14.7. The Morgan fingerprint density at radius 2 is 1.34 bits per heavy atom. The fourth-order valence-electron chi connectivity index (χ4n) is 14.3. The van der Waals surface area contributed by atoms with Gasteiger partial charge in [0, 0.05) is 67.5 Å². The van der Waals surface area contributed by atoms with E-state index in [4.69, 9.17) is 64.3 Å². The van der Waals surface area contributed by atoms with Crippen LogP contribution in [0, 0.1) is 23.7 Å². The molecule has 4 aliphatic rings. The maximum Gasteiger partial charge on any atom is 0.397 e. The van der Waals surface area contributed by atoms with Crippen LogP contribution in [0.3, 0.4) is 0 Å². The van der Waals surface area contributed by atoms with E-state index in [0.29, 0.717) is 31.0 Å². The number of Topliss-reactive ketones (excluding diaryl/α,β-unsaturated/α-hetero) is 1. The molecule has 0 amide bonds. The number of halogens is 1. The molecule has 0 bridgehead atoms. The summed E-state index contributed by atoms with van der Waals surface area (Å²) in [4.78, 5) is 64.4. The molecule has 4 aliphatic heterocycles. The van der Waals surface area contributed by atoms with Gasteiger partial charge in [0.2, 0.25) is 0 Å². The van der Waals surface area contributed by atoms with Crippen molar-refractivity contribution in [2.24, 2.45) is 23.7 Å². The third-order valence-electron chi connectivity index (χ3n) is 20.7. The van der Waals surface area contributed by atoms with Gasteiger partial charge in [-0.2, -0.15) is 8.42 Å². The summed E-state index contributed by atoms with van der Waals surface area (Å²) in [6, 6.07) is 18.8. The smallest absolute Gasteiger partial charge is 0.397 e. The number of carbonyl (C=O) groups excluding carboxylic acids is 3. The molecule has 4 heterocycles. The number of rotatable bonds is 29. The Bertz CT molecular complexity index is 3000. The summed E-state index contributed by atoms with van der Waals surface area (Å²) in [6.07, 6.45) is 6.94. The lowest BCUT2D eigenvalue weighted by Crippen LogP contribution is -2.61. The summed E-state index contributed by atoms with van der Waals surface area (Å²) < 4.78 is 83.1. The van der Waals surface area contributed by atoms with Gasteiger partial charge in [0.15, 0.2) is 18.7 Å². The zero-order chi connectivity index (χ0) is 78.5. The van der Waals surface area contributed by atoms with E-state index in [1.54, 1.807) is 48.5 Å². The van der Waals surface area contributed by atoms with Gasteiger partial charge in [-0.15, -0.1) is 0 Å². The number of methoxy groups -OCH3 is 1. The van der Waals surface area contributed by atoms with Crippen molar-refractivity contribution < 1.29 is 110 Å². The van der Waals surface area contributed by atoms with Crippen LogP contribution in [0.1, 0.15) is 217 Å². The van der Waals surface area contributed by atoms with Crippen molar-refractivity contribution in [2.45, 2.75) is 301 Å². The van der Waals surface area contributed by atoms with Crippen molar-refractivity contribution in [3.05, 3.63) is 82.9 Å². The van der Waals surface area contributed by atoms with Crippen LogP contribution in [0.15, 0.2) is 66.7 Å². The highest BCUT2D eigenvalue weighted by Crippen LogP contribution is 2.42. The van der Waals surface area contributed by atoms with Crippen molar-refractivity contribution in [3.63, 3.8) is 0 Å². The molecule has 20 unspecified atom stereocenters. The van der Waals surface area contributed by atoms with Crippen molar-refractivity contribution >= 4 is 51.7 Å². The second-order valence-electron chi connectivity index (χ2n) is 29.6. The van der Waals surface area contributed by atoms with Crippen molar-refractivity contribution in [1.82, 2.24) is 9.80 Å². The Morgan fingerprint density at radius 3 is 1.85 bits per heavy atom. The molecule has 0 spiro atoms. The predicted molar refractivity (Wildman–Crippen MR) is 395 cm³/mol. The molecule has 25 nitrogen and oxygen atoms in total. The van der Waals surface area contributed by atoms with Crippen molar-refractivity contribution in [2.75, 3.05) is 48.0 Å². The van der Waals surface area contributed by atoms with Crippen LogP contribution in [0.25, 0.3) is 0 Å². The molecule has 0 aliphatic carbocycles. The number of aliphatic carboxylic acids is 2. The normalized spacial score (nSPS) is 32.3. The first-order valence-electron chi connectivity index (χ1n) is 37.1. The molecule has 6 rings (SSSR count). The predicted octanol–water partition coefficient (Wildman–Crippen LogP) is 11.3. The van der Waals surface area contributed by atoms with Crippen LogP contribution < -0.4 is 0 Å². The fraction of sp³-hybridized carbons (Fsp3) is 0.753. The number of carbonyl (C=O) groups is 5. The SMILES string of the molecule is CCC(=O)OC1C(OC2C(C)C(OC3CC(C)(OC)C(O)C(C)O3)C(C)C(=O)OC(CC)C(C)(O)C(O)C(C)C(=O)C(C)CC2(C)O)OC(C)CC1N(C)C.CCCCCCCCCCCCOS(=O)(=O)O.CN1CCCC1CCOC(C)(c1ccccc1)c1ccc(Cl)cc1.O=C(O)C=CC(=O)O. The van der Waals surface area contributed by atoms with Crippen LogP contribution in [0.4, 0.5) is 0 Å². The molecular formula is C77H127ClN2O23S. The molecule has 104 heavy (non-hydrogen) atoms. The Labute approximate surface area is 624 Å². The number of unbranched alkanes of at least 4 members (excludes halogenated alkanes) is 9. The standard InChI is InChI=1S/C40H71NO14.C21H26ClNO.C12H26O4S.C4H4O4/c1-15-27-40(11,48)33(44)22(5)30(43)20(3)18-38(9,47)35(55-37-32(53-28(42)16-2)26(41(12)13)17-21(4)50-37)23(6)31(24(7)36(46)52-27)54-29-19-39(10,49-14)34(45)25(8)51-29;1-21(17-7-4-3-5-8-17,18-10-12-19(22)13-11-18)24-16-14-20-9-6-15-23(20)2;1-2-3-4-5-6-7-8-9-10-11-12-16-17(13,14)15;5-3(6)1-2-4(7)8/h20-27,29,31-35,37,44-45,47-48H,15-19H2,1-14H3;3-5,7-8,10-13,20H,6,9,14-16H2,1-2H3;2-12H2,1H3,(H,13,14,15);1-2H,(H,5,6)(H,7,8). The highest BCUT2D eigenvalue weighted by atomic mass is 35.5. The van der Waals surface area contributed by atoms with Gasteiger partial charge in [-0.1, -0.05) is 153 Å². The van der Waals surface area contributed by atoms with Crippen molar-refractivity contribution in [1.29, 1.82) is 0 Å². The molecular weight excluding hydrogens is 1390 g/mol. The number of likely N-dealkylation sites (tertiary alicyclic amines) is 1. The van der Waals surface area contributed by atoms with E-state index in [9.17, 15) is 52.8 Å². The third kappa shape index (κ3) is 29.8. The number of carboxylic acids is 2. The topological polar surface area (TPSA) is 351 Å². The minimum Gasteiger partial charge on any atom is -0.478 e. The lowest BCUT2D eigenvalue weighted by Gasteiger charge is -2.49. The molecule has 7 N–H and O–H groups in total. The lowest BCUT2D eigenvalue weighted by molar-refractivity contribution is -0.319. The second-order valence-corrected chi connectivity index (χ2v) is 31.1. The minimum atomic E-state index is -4.23. The quantitative estimate of drug-likeness (QED) is 0.0172. The number of cyclic esters (lactones) is 1. The summed E-state index contributed by atoms with van der Waals surface area (Å²) >= 11 is 6.07. The van der Waals surface area contributed by atoms with Gasteiger partial charge in [0.05, 0.1) is 60.3 Å². The number of esters is 2. The molecule has 4 fully saturated rings. The van der Waals surface area contributed by atoms with E-state index in [1.165, 1.54) is 97.8 Å². The van der Waals surface area contributed by atoms with Gasteiger partial charge < -0.3 is 78.3 Å². The highest BCUT2D eigenvalue weighted by Gasteiger charge is 2.54. The van der Waals surface area contributed by atoms with E-state index >= 15 is 0 Å². The van der Waals surface area contributed by atoms with E-state index in [2.05, 4.69) is 66.4 Å². The largest absolute Gasteiger partial charge is 0.478 e. The van der Waals surface area contributed by atoms with Crippen LogP contribution in [0.5, 0.6) is 0 Å². The maximum absolute atomic E-state index is 14.2. The van der Waals surface area contributed by atoms with E-state index in [-0.39, 0.29) is 44.4 Å². The number of carboxylic acid groups (broad SMARTS) is 2. The Balaban J connectivity index is 0.000000462. The minimum absolute atomic E-state index is 0.0760. The molecule has 4 saturated heterocycles. The molecule has 20 atom stereocenters. The monoisotopic (exact) mass is 1510 g/mol. The van der Waals surface area contributed by atoms with E-state index in [0.717, 1.165) is 36.5 Å². The molecule has 596 valence electrons. The summed E-state index contributed by atoms with van der Waals surface area (Å²) in [5.74, 6) is -8.10. The molecule has 2 aromatic carbocycles. The number of hydrogen-bond acceptors (Lipinski definition) is 22. The number of ether oxygens (including phenoxy) is 8. The van der Waals surface area contributed by atoms with Gasteiger partial charge in [0.25, 0.3) is 0 Å². The Hall–Kier alpha value is -4.59. The molecule has 0 radical (unpaired) electrons. The van der Waals surface area contributed by atoms with Gasteiger partial charge in [-0.05, 0) is 144 Å². The van der Waals surface area contributed by atoms with Crippen LogP contribution in [-0.2, 0) is 82.1 Å². The zero-order valence-corrected chi connectivity index (χ0v) is 66.4. The second kappa shape index (κ2) is 44.8. The number of aliphatic hydroxyl groups excluding tert-OH is 2. The number of hydrogen-bond donors (Lipinski definition) is 7. The molecule has 2 aromatic rings. The zero-order valence-electron chi connectivity index (χ0n) is 64.8. The van der Waals surface area contributed by atoms with E-state index in [1.807, 2.05) is 44.1 Å². The Kier molecular flexibility index (Phi) is 40.3.